The smallest absolute Gasteiger partial charge is 0.323 e. The molecular formula is C15H14ClN3O2. The topological polar surface area (TPSA) is 70.2 Å². The number of carbonyl (C=O) groups excluding carboxylic acids is 2. The van der Waals surface area contributed by atoms with E-state index in [1.54, 1.807) is 48.5 Å². The zero-order valence-electron chi connectivity index (χ0n) is 11.3. The lowest BCUT2D eigenvalue weighted by atomic mass is 10.2. The van der Waals surface area contributed by atoms with Gasteiger partial charge in [0.15, 0.2) is 0 Å². The third kappa shape index (κ3) is 4.50. The standard InChI is InChI=1S/C15H14ClN3O2/c1-10(20)17-13-4-2-3-5-14(13)19-15(21)18-12-8-6-11(16)7-9-12/h2-9H,1H3,(H,17,20)(H2,18,19,21). The summed E-state index contributed by atoms with van der Waals surface area (Å²) in [6.07, 6.45) is 0. The number of carbonyl (C=O) groups is 2. The summed E-state index contributed by atoms with van der Waals surface area (Å²) in [7, 11) is 0. The zero-order valence-corrected chi connectivity index (χ0v) is 12.1. The highest BCUT2D eigenvalue weighted by Gasteiger charge is 2.07. The lowest BCUT2D eigenvalue weighted by Gasteiger charge is -2.12. The number of hydrogen-bond acceptors (Lipinski definition) is 2. The molecule has 0 aliphatic carbocycles. The van der Waals surface area contributed by atoms with Crippen molar-refractivity contribution < 1.29 is 9.59 Å². The molecule has 5 nitrogen and oxygen atoms in total. The minimum Gasteiger partial charge on any atom is -0.325 e. The molecule has 0 saturated heterocycles. The van der Waals surface area contributed by atoms with E-state index in [9.17, 15) is 9.59 Å². The van der Waals surface area contributed by atoms with Crippen LogP contribution in [0.4, 0.5) is 21.9 Å². The van der Waals surface area contributed by atoms with E-state index in [4.69, 9.17) is 11.6 Å². The van der Waals surface area contributed by atoms with Crippen LogP contribution in [0, 0.1) is 0 Å². The number of urea groups is 1. The van der Waals surface area contributed by atoms with E-state index < -0.39 is 6.03 Å². The number of anilines is 3. The monoisotopic (exact) mass is 303 g/mol. The van der Waals surface area contributed by atoms with E-state index in [2.05, 4.69) is 16.0 Å². The third-order valence-corrected chi connectivity index (χ3v) is 2.84. The fourth-order valence-electron chi connectivity index (χ4n) is 1.71. The Kier molecular flexibility index (Phi) is 4.79. The second kappa shape index (κ2) is 6.76. The average molecular weight is 304 g/mol. The molecule has 108 valence electrons. The van der Waals surface area contributed by atoms with Crippen LogP contribution >= 0.6 is 11.6 Å². The molecule has 2 aromatic rings. The van der Waals surface area contributed by atoms with Gasteiger partial charge in [0, 0.05) is 17.6 Å². The molecule has 3 amide bonds. The van der Waals surface area contributed by atoms with Gasteiger partial charge in [0.2, 0.25) is 5.91 Å². The molecule has 0 bridgehead atoms. The molecule has 0 aliphatic heterocycles. The Bertz CT molecular complexity index is 656. The second-order valence-corrected chi connectivity index (χ2v) is 4.75. The number of benzene rings is 2. The first-order chi connectivity index (χ1) is 10.0. The molecular weight excluding hydrogens is 290 g/mol. The Labute approximate surface area is 127 Å². The maximum absolute atomic E-state index is 11.9. The molecule has 0 spiro atoms. The van der Waals surface area contributed by atoms with Crippen LogP contribution in [0.25, 0.3) is 0 Å². The molecule has 2 aromatic carbocycles. The molecule has 0 radical (unpaired) electrons. The van der Waals surface area contributed by atoms with Crippen LogP contribution in [0.15, 0.2) is 48.5 Å². The van der Waals surface area contributed by atoms with Gasteiger partial charge in [-0.15, -0.1) is 0 Å². The maximum Gasteiger partial charge on any atom is 0.323 e. The molecule has 0 saturated carbocycles. The number of rotatable bonds is 3. The Balaban J connectivity index is 2.05. The predicted molar refractivity (Wildman–Crippen MR) is 84.8 cm³/mol. The quantitative estimate of drug-likeness (QED) is 0.803. The van der Waals surface area contributed by atoms with E-state index in [-0.39, 0.29) is 5.91 Å². The van der Waals surface area contributed by atoms with Crippen molar-refractivity contribution in [3.05, 3.63) is 53.6 Å². The summed E-state index contributed by atoms with van der Waals surface area (Å²) in [4.78, 5) is 23.1. The average Bonchev–Trinajstić information content (AvgIpc) is 2.43. The first kappa shape index (κ1) is 14.9. The maximum atomic E-state index is 11.9. The largest absolute Gasteiger partial charge is 0.325 e. The molecule has 2 rings (SSSR count). The molecule has 0 atom stereocenters. The number of para-hydroxylation sites is 2. The van der Waals surface area contributed by atoms with Gasteiger partial charge in [0.25, 0.3) is 0 Å². The lowest BCUT2D eigenvalue weighted by Crippen LogP contribution is -2.20. The summed E-state index contributed by atoms with van der Waals surface area (Å²) >= 11 is 5.78. The van der Waals surface area contributed by atoms with Crippen molar-refractivity contribution in [3.63, 3.8) is 0 Å². The Hall–Kier alpha value is -2.53. The minimum absolute atomic E-state index is 0.206. The SMILES string of the molecule is CC(=O)Nc1ccccc1NC(=O)Nc1ccc(Cl)cc1. The van der Waals surface area contributed by atoms with Crippen LogP contribution < -0.4 is 16.0 Å². The van der Waals surface area contributed by atoms with Gasteiger partial charge in [-0.1, -0.05) is 23.7 Å². The van der Waals surface area contributed by atoms with E-state index in [0.717, 1.165) is 0 Å². The highest BCUT2D eigenvalue weighted by atomic mass is 35.5. The Morgan fingerprint density at radius 1 is 0.857 bits per heavy atom. The summed E-state index contributed by atoms with van der Waals surface area (Å²) in [5.74, 6) is -0.206. The number of halogens is 1. The molecule has 0 aliphatic rings. The van der Waals surface area contributed by atoms with Crippen LogP contribution in [0.3, 0.4) is 0 Å². The summed E-state index contributed by atoms with van der Waals surface area (Å²) in [6, 6.07) is 13.3. The van der Waals surface area contributed by atoms with Crippen molar-refractivity contribution in [3.8, 4) is 0 Å². The van der Waals surface area contributed by atoms with Crippen molar-refractivity contribution >= 4 is 40.6 Å². The van der Waals surface area contributed by atoms with Crippen molar-refractivity contribution in [1.29, 1.82) is 0 Å². The molecule has 6 heteroatoms. The Morgan fingerprint density at radius 3 is 2.00 bits per heavy atom. The van der Waals surface area contributed by atoms with Crippen LogP contribution in [0.1, 0.15) is 6.92 Å². The highest BCUT2D eigenvalue weighted by Crippen LogP contribution is 2.21. The normalized spacial score (nSPS) is 9.81. The van der Waals surface area contributed by atoms with Gasteiger partial charge in [-0.25, -0.2) is 4.79 Å². The summed E-state index contributed by atoms with van der Waals surface area (Å²) < 4.78 is 0. The van der Waals surface area contributed by atoms with E-state index in [1.165, 1.54) is 6.92 Å². The molecule has 0 fully saturated rings. The van der Waals surface area contributed by atoms with Gasteiger partial charge in [0.05, 0.1) is 11.4 Å². The van der Waals surface area contributed by atoms with Crippen LogP contribution in [-0.2, 0) is 4.79 Å². The fraction of sp³-hybridized carbons (Fsp3) is 0.0667. The van der Waals surface area contributed by atoms with Crippen molar-refractivity contribution in [2.24, 2.45) is 0 Å². The number of nitrogens with one attached hydrogen (secondary N) is 3. The van der Waals surface area contributed by atoms with Gasteiger partial charge < -0.3 is 16.0 Å². The zero-order chi connectivity index (χ0) is 15.2. The van der Waals surface area contributed by atoms with Crippen molar-refractivity contribution in [2.75, 3.05) is 16.0 Å². The predicted octanol–water partition coefficient (Wildman–Crippen LogP) is 3.94. The van der Waals surface area contributed by atoms with E-state index >= 15 is 0 Å². The van der Waals surface area contributed by atoms with Gasteiger partial charge in [-0.2, -0.15) is 0 Å². The number of hydrogen-bond donors (Lipinski definition) is 3. The van der Waals surface area contributed by atoms with Gasteiger partial charge in [-0.05, 0) is 36.4 Å². The Morgan fingerprint density at radius 2 is 1.43 bits per heavy atom. The second-order valence-electron chi connectivity index (χ2n) is 4.31. The first-order valence-corrected chi connectivity index (χ1v) is 6.62. The third-order valence-electron chi connectivity index (χ3n) is 2.59. The molecule has 21 heavy (non-hydrogen) atoms. The summed E-state index contributed by atoms with van der Waals surface area (Å²) in [5, 5.41) is 8.60. The van der Waals surface area contributed by atoms with E-state index in [0.29, 0.717) is 22.1 Å². The fourth-order valence-corrected chi connectivity index (χ4v) is 1.83. The highest BCUT2D eigenvalue weighted by molar-refractivity contribution is 6.30. The molecule has 0 heterocycles. The van der Waals surface area contributed by atoms with Crippen LogP contribution in [0.5, 0.6) is 0 Å². The van der Waals surface area contributed by atoms with Crippen LogP contribution in [0.2, 0.25) is 5.02 Å². The van der Waals surface area contributed by atoms with Crippen molar-refractivity contribution in [1.82, 2.24) is 0 Å². The molecule has 0 unspecified atom stereocenters. The summed E-state index contributed by atoms with van der Waals surface area (Å²) in [6.45, 7) is 1.41. The first-order valence-electron chi connectivity index (χ1n) is 6.25. The van der Waals surface area contributed by atoms with E-state index in [1.807, 2.05) is 0 Å². The van der Waals surface area contributed by atoms with Gasteiger partial charge in [0.1, 0.15) is 0 Å². The number of amides is 3. The van der Waals surface area contributed by atoms with Gasteiger partial charge >= 0.3 is 6.03 Å². The lowest BCUT2D eigenvalue weighted by molar-refractivity contribution is -0.114. The van der Waals surface area contributed by atoms with Gasteiger partial charge in [-0.3, -0.25) is 4.79 Å². The van der Waals surface area contributed by atoms with Crippen molar-refractivity contribution in [2.45, 2.75) is 6.92 Å². The summed E-state index contributed by atoms with van der Waals surface area (Å²) in [5.41, 5.74) is 1.67. The minimum atomic E-state index is -0.407. The molecule has 0 aromatic heterocycles. The molecule has 3 N–H and O–H groups in total. The van der Waals surface area contributed by atoms with Crippen LogP contribution in [-0.4, -0.2) is 11.9 Å².